The lowest BCUT2D eigenvalue weighted by atomic mass is 10.1. The molecule has 0 bridgehead atoms. The van der Waals surface area contributed by atoms with Gasteiger partial charge in [0.25, 0.3) is 0 Å². The van der Waals surface area contributed by atoms with Crippen molar-refractivity contribution in [3.63, 3.8) is 0 Å². The highest BCUT2D eigenvalue weighted by molar-refractivity contribution is 5.86. The Balaban J connectivity index is 2.79. The molecule has 4 N–H and O–H groups in total. The first-order valence-electron chi connectivity index (χ1n) is 4.34. The van der Waals surface area contributed by atoms with Crippen LogP contribution in [0.2, 0.25) is 0 Å². The van der Waals surface area contributed by atoms with Crippen LogP contribution in [0.1, 0.15) is 22.4 Å². The Bertz CT molecular complexity index is 335. The Kier molecular flexibility index (Phi) is 3.84. The predicted molar refractivity (Wildman–Crippen MR) is 50.1 cm³/mol. The Morgan fingerprint density at radius 3 is 2.80 bits per heavy atom. The second-order valence-electron chi connectivity index (χ2n) is 2.94. The third-order valence-electron chi connectivity index (χ3n) is 1.91. The van der Waals surface area contributed by atoms with Crippen LogP contribution >= 0.6 is 0 Å². The fourth-order valence-electron chi connectivity index (χ4n) is 1.04. The molecule has 0 amide bonds. The highest BCUT2D eigenvalue weighted by Crippen LogP contribution is 2.19. The minimum absolute atomic E-state index is 0.0317. The van der Waals surface area contributed by atoms with Gasteiger partial charge < -0.3 is 25.1 Å². The topological polar surface area (TPSA) is 106 Å². The maximum absolute atomic E-state index is 11.0. The molecule has 0 aliphatic heterocycles. The van der Waals surface area contributed by atoms with Gasteiger partial charge in [0.2, 0.25) is 5.76 Å². The normalized spacial score (nSPS) is 14.7. The number of esters is 1. The summed E-state index contributed by atoms with van der Waals surface area (Å²) in [6, 6.07) is 2.74. The molecule has 1 aromatic rings. The van der Waals surface area contributed by atoms with Crippen molar-refractivity contribution in [2.45, 2.75) is 12.2 Å². The van der Waals surface area contributed by atoms with E-state index in [0.717, 1.165) is 0 Å². The zero-order chi connectivity index (χ0) is 11.4. The lowest BCUT2D eigenvalue weighted by Gasteiger charge is -2.12. The van der Waals surface area contributed by atoms with Crippen LogP contribution < -0.4 is 5.73 Å². The average Bonchev–Trinajstić information content (AvgIpc) is 2.75. The van der Waals surface area contributed by atoms with Gasteiger partial charge in [0.15, 0.2) is 0 Å². The number of furan rings is 1. The first kappa shape index (κ1) is 11.7. The number of ether oxygens (including phenoxy) is 1. The van der Waals surface area contributed by atoms with Gasteiger partial charge in [0, 0.05) is 6.54 Å². The third-order valence-corrected chi connectivity index (χ3v) is 1.91. The van der Waals surface area contributed by atoms with Gasteiger partial charge in [-0.25, -0.2) is 4.79 Å². The summed E-state index contributed by atoms with van der Waals surface area (Å²) in [4.78, 5) is 11.0. The SMILES string of the molecule is COC(=O)c1ccc(C(O)C(O)CN)o1. The van der Waals surface area contributed by atoms with Gasteiger partial charge in [-0.1, -0.05) is 0 Å². The van der Waals surface area contributed by atoms with E-state index in [2.05, 4.69) is 4.74 Å². The molecule has 0 aromatic carbocycles. The summed E-state index contributed by atoms with van der Waals surface area (Å²) in [7, 11) is 1.22. The van der Waals surface area contributed by atoms with E-state index < -0.39 is 18.2 Å². The standard InChI is InChI=1S/C9H13NO5/c1-14-9(13)7-3-2-6(15-7)8(12)5(11)4-10/h2-3,5,8,11-12H,4,10H2,1H3. The number of hydrogen-bond acceptors (Lipinski definition) is 6. The zero-order valence-electron chi connectivity index (χ0n) is 8.21. The van der Waals surface area contributed by atoms with Gasteiger partial charge in [-0.15, -0.1) is 0 Å². The molecule has 2 atom stereocenters. The van der Waals surface area contributed by atoms with Crippen LogP contribution in [0.5, 0.6) is 0 Å². The van der Waals surface area contributed by atoms with Gasteiger partial charge in [-0.2, -0.15) is 0 Å². The third kappa shape index (κ3) is 2.56. The molecule has 15 heavy (non-hydrogen) atoms. The van der Waals surface area contributed by atoms with Crippen LogP contribution in [0.15, 0.2) is 16.5 Å². The second kappa shape index (κ2) is 4.92. The summed E-state index contributed by atoms with van der Waals surface area (Å²) in [5.41, 5.74) is 5.16. The van der Waals surface area contributed by atoms with Crippen LogP contribution in [0, 0.1) is 0 Å². The van der Waals surface area contributed by atoms with Crippen molar-refractivity contribution < 1.29 is 24.2 Å². The molecule has 0 saturated heterocycles. The Hall–Kier alpha value is -1.37. The van der Waals surface area contributed by atoms with Crippen molar-refractivity contribution in [2.24, 2.45) is 5.73 Å². The van der Waals surface area contributed by atoms with E-state index >= 15 is 0 Å². The fourth-order valence-corrected chi connectivity index (χ4v) is 1.04. The largest absolute Gasteiger partial charge is 0.463 e. The van der Waals surface area contributed by atoms with E-state index in [1.807, 2.05) is 0 Å². The molecule has 6 nitrogen and oxygen atoms in total. The molecule has 0 aliphatic carbocycles. The van der Waals surface area contributed by atoms with Crippen molar-refractivity contribution in [3.05, 3.63) is 23.7 Å². The second-order valence-corrected chi connectivity index (χ2v) is 2.94. The molecule has 0 spiro atoms. The first-order valence-corrected chi connectivity index (χ1v) is 4.34. The lowest BCUT2D eigenvalue weighted by Crippen LogP contribution is -2.26. The molecule has 6 heteroatoms. The summed E-state index contributed by atoms with van der Waals surface area (Å²) in [6.07, 6.45) is -2.37. The molecular formula is C9H13NO5. The molecule has 0 aliphatic rings. The van der Waals surface area contributed by atoms with Gasteiger partial charge in [0.05, 0.1) is 13.2 Å². The minimum atomic E-state index is -1.24. The molecule has 0 fully saturated rings. The van der Waals surface area contributed by atoms with Crippen LogP contribution in [-0.4, -0.2) is 35.9 Å². The number of aliphatic hydroxyl groups is 2. The number of carbonyl (C=O) groups is 1. The molecule has 1 aromatic heterocycles. The lowest BCUT2D eigenvalue weighted by molar-refractivity contribution is 0.00976. The van der Waals surface area contributed by atoms with E-state index in [4.69, 9.17) is 10.2 Å². The maximum atomic E-state index is 11.0. The predicted octanol–water partition coefficient (Wildman–Crippen LogP) is -0.581. The van der Waals surface area contributed by atoms with E-state index in [1.54, 1.807) is 0 Å². The van der Waals surface area contributed by atoms with E-state index in [-0.39, 0.29) is 18.1 Å². The van der Waals surface area contributed by atoms with Crippen LogP contribution in [0.4, 0.5) is 0 Å². The summed E-state index contributed by atoms with van der Waals surface area (Å²) in [5, 5.41) is 18.7. The van der Waals surface area contributed by atoms with Crippen molar-refractivity contribution in [3.8, 4) is 0 Å². The van der Waals surface area contributed by atoms with Crippen LogP contribution in [0.3, 0.4) is 0 Å². The van der Waals surface area contributed by atoms with E-state index in [1.165, 1.54) is 19.2 Å². The first-order chi connectivity index (χ1) is 7.10. The Morgan fingerprint density at radius 2 is 2.27 bits per heavy atom. The number of methoxy groups -OCH3 is 1. The van der Waals surface area contributed by atoms with Gasteiger partial charge in [0.1, 0.15) is 11.9 Å². The smallest absolute Gasteiger partial charge is 0.373 e. The maximum Gasteiger partial charge on any atom is 0.373 e. The van der Waals surface area contributed by atoms with E-state index in [0.29, 0.717) is 0 Å². The number of rotatable bonds is 4. The van der Waals surface area contributed by atoms with Crippen LogP contribution in [-0.2, 0) is 4.74 Å². The van der Waals surface area contributed by atoms with Crippen molar-refractivity contribution in [1.29, 1.82) is 0 Å². The summed E-state index contributed by atoms with van der Waals surface area (Å²) in [5.74, 6) is -0.597. The molecule has 2 unspecified atom stereocenters. The van der Waals surface area contributed by atoms with Crippen molar-refractivity contribution >= 4 is 5.97 Å². The molecular weight excluding hydrogens is 202 g/mol. The van der Waals surface area contributed by atoms with Crippen molar-refractivity contribution in [2.75, 3.05) is 13.7 Å². The summed E-state index contributed by atoms with van der Waals surface area (Å²) >= 11 is 0. The quantitative estimate of drug-likeness (QED) is 0.580. The van der Waals surface area contributed by atoms with Gasteiger partial charge >= 0.3 is 5.97 Å². The van der Waals surface area contributed by atoms with E-state index in [9.17, 15) is 15.0 Å². The highest BCUT2D eigenvalue weighted by Gasteiger charge is 2.22. The monoisotopic (exact) mass is 215 g/mol. The molecule has 1 rings (SSSR count). The number of nitrogens with two attached hydrogens (primary N) is 1. The van der Waals surface area contributed by atoms with Crippen molar-refractivity contribution in [1.82, 2.24) is 0 Å². The highest BCUT2D eigenvalue weighted by atomic mass is 16.5. The summed E-state index contributed by atoms with van der Waals surface area (Å²) < 4.78 is 9.40. The van der Waals surface area contributed by atoms with Gasteiger partial charge in [-0.05, 0) is 12.1 Å². The Labute approximate surface area is 86.3 Å². The average molecular weight is 215 g/mol. The zero-order valence-corrected chi connectivity index (χ0v) is 8.21. The van der Waals surface area contributed by atoms with Gasteiger partial charge in [-0.3, -0.25) is 0 Å². The Morgan fingerprint density at radius 1 is 1.60 bits per heavy atom. The molecule has 1 heterocycles. The number of carbonyl (C=O) groups excluding carboxylic acids is 1. The molecule has 84 valence electrons. The van der Waals surface area contributed by atoms with Crippen LogP contribution in [0.25, 0.3) is 0 Å². The number of hydrogen-bond donors (Lipinski definition) is 3. The summed E-state index contributed by atoms with van der Waals surface area (Å²) in [6.45, 7) is -0.102. The fraction of sp³-hybridized carbons (Fsp3) is 0.444. The minimum Gasteiger partial charge on any atom is -0.463 e. The molecule has 0 saturated carbocycles. The number of aliphatic hydroxyl groups excluding tert-OH is 2. The molecule has 0 radical (unpaired) electrons.